The van der Waals surface area contributed by atoms with Gasteiger partial charge in [-0.1, -0.05) is 48.5 Å². The Morgan fingerprint density at radius 3 is 2.38 bits per heavy atom. The first-order valence-electron chi connectivity index (χ1n) is 9.54. The zero-order valence-corrected chi connectivity index (χ0v) is 17.0. The molecule has 1 N–H and O–H groups in total. The Bertz CT molecular complexity index is 1020. The van der Waals surface area contributed by atoms with Gasteiger partial charge in [-0.25, -0.2) is 0 Å². The van der Waals surface area contributed by atoms with Crippen molar-refractivity contribution in [3.05, 3.63) is 95.6 Å². The minimum Gasteiger partial charge on any atom is -0.350 e. The molecular formula is C24H22N2O2S. The maximum Gasteiger partial charge on any atom is 0.259 e. The van der Waals surface area contributed by atoms with Gasteiger partial charge in [-0.3, -0.25) is 14.5 Å². The van der Waals surface area contributed by atoms with Crippen molar-refractivity contribution < 1.29 is 9.59 Å². The summed E-state index contributed by atoms with van der Waals surface area (Å²) in [4.78, 5) is 29.1. The molecule has 4 nitrogen and oxygen atoms in total. The largest absolute Gasteiger partial charge is 0.350 e. The third-order valence-corrected chi connectivity index (χ3v) is 5.89. The number of carbonyl (C=O) groups is 2. The second-order valence-electron chi connectivity index (χ2n) is 6.96. The summed E-state index contributed by atoms with van der Waals surface area (Å²) in [5.41, 5.74) is 3.44. The van der Waals surface area contributed by atoms with E-state index in [4.69, 9.17) is 0 Å². The number of amides is 2. The molecule has 0 aliphatic carbocycles. The number of benzene rings is 3. The van der Waals surface area contributed by atoms with E-state index in [1.807, 2.05) is 73.0 Å². The quantitative estimate of drug-likeness (QED) is 0.648. The maximum absolute atomic E-state index is 13.2. The Hall–Kier alpha value is -3.05. The normalized spacial score (nSPS) is 15.1. The first kappa shape index (κ1) is 19.3. The van der Waals surface area contributed by atoms with Crippen LogP contribution in [0.3, 0.4) is 0 Å². The van der Waals surface area contributed by atoms with E-state index < -0.39 is 6.04 Å². The second-order valence-corrected chi connectivity index (χ2v) is 7.84. The maximum atomic E-state index is 13.2. The van der Waals surface area contributed by atoms with Gasteiger partial charge in [-0.2, -0.15) is 0 Å². The molecule has 5 heteroatoms. The summed E-state index contributed by atoms with van der Waals surface area (Å²) < 4.78 is 0. The Morgan fingerprint density at radius 2 is 1.66 bits per heavy atom. The molecule has 1 atom stereocenters. The molecule has 1 heterocycles. The lowest BCUT2D eigenvalue weighted by molar-refractivity contribution is -0.122. The van der Waals surface area contributed by atoms with Gasteiger partial charge in [0.2, 0.25) is 5.91 Å². The molecule has 3 aromatic carbocycles. The monoisotopic (exact) mass is 402 g/mol. The molecule has 146 valence electrons. The third-order valence-electron chi connectivity index (χ3n) is 5.14. The molecule has 0 unspecified atom stereocenters. The summed E-state index contributed by atoms with van der Waals surface area (Å²) >= 11 is 1.69. The number of carbonyl (C=O) groups excluding carboxylic acids is 2. The minimum atomic E-state index is -0.550. The topological polar surface area (TPSA) is 49.4 Å². The van der Waals surface area contributed by atoms with Crippen molar-refractivity contribution in [3.8, 4) is 0 Å². The molecule has 2 amide bonds. The number of para-hydroxylation sites is 1. The predicted molar refractivity (Wildman–Crippen MR) is 117 cm³/mol. The molecule has 0 fully saturated rings. The smallest absolute Gasteiger partial charge is 0.259 e. The van der Waals surface area contributed by atoms with Gasteiger partial charge in [-0.15, -0.1) is 11.8 Å². The van der Waals surface area contributed by atoms with E-state index in [1.54, 1.807) is 28.8 Å². The summed E-state index contributed by atoms with van der Waals surface area (Å²) in [7, 11) is 0. The van der Waals surface area contributed by atoms with E-state index in [1.165, 1.54) is 4.90 Å². The van der Waals surface area contributed by atoms with E-state index in [0.29, 0.717) is 18.5 Å². The number of hydrogen-bond acceptors (Lipinski definition) is 3. The number of nitrogens with one attached hydrogen (secondary N) is 1. The van der Waals surface area contributed by atoms with E-state index in [-0.39, 0.29) is 11.8 Å². The van der Waals surface area contributed by atoms with Crippen LogP contribution in [0.2, 0.25) is 0 Å². The lowest BCUT2D eigenvalue weighted by Gasteiger charge is -2.25. The molecule has 3 aromatic rings. The molecule has 0 radical (unpaired) electrons. The third kappa shape index (κ3) is 4.05. The van der Waals surface area contributed by atoms with E-state index in [9.17, 15) is 9.59 Å². The van der Waals surface area contributed by atoms with Crippen LogP contribution in [0.5, 0.6) is 0 Å². The highest BCUT2D eigenvalue weighted by molar-refractivity contribution is 7.98. The summed E-state index contributed by atoms with van der Waals surface area (Å²) in [6.45, 7) is 0.438. The van der Waals surface area contributed by atoms with E-state index in [0.717, 1.165) is 16.8 Å². The van der Waals surface area contributed by atoms with Gasteiger partial charge in [0.15, 0.2) is 0 Å². The molecule has 0 saturated heterocycles. The van der Waals surface area contributed by atoms with Gasteiger partial charge in [-0.05, 0) is 47.7 Å². The first-order valence-corrected chi connectivity index (χ1v) is 10.8. The van der Waals surface area contributed by atoms with Crippen LogP contribution in [-0.2, 0) is 17.8 Å². The summed E-state index contributed by atoms with van der Waals surface area (Å²) in [5.74, 6) is -0.292. The Labute approximate surface area is 174 Å². The van der Waals surface area contributed by atoms with Gasteiger partial charge in [0.05, 0.1) is 0 Å². The lowest BCUT2D eigenvalue weighted by Crippen LogP contribution is -2.48. The molecule has 0 aromatic heterocycles. The average molecular weight is 403 g/mol. The molecule has 0 bridgehead atoms. The van der Waals surface area contributed by atoms with Gasteiger partial charge in [0.1, 0.15) is 6.04 Å². The van der Waals surface area contributed by atoms with Crippen LogP contribution in [0, 0.1) is 0 Å². The number of fused-ring (bicyclic) bond motifs is 1. The first-order chi connectivity index (χ1) is 14.2. The summed E-state index contributed by atoms with van der Waals surface area (Å²) in [6.07, 6.45) is 2.55. The Kier molecular flexibility index (Phi) is 5.67. The van der Waals surface area contributed by atoms with Gasteiger partial charge >= 0.3 is 0 Å². The van der Waals surface area contributed by atoms with Gasteiger partial charge < -0.3 is 5.32 Å². The fourth-order valence-electron chi connectivity index (χ4n) is 3.62. The summed E-state index contributed by atoms with van der Waals surface area (Å²) in [6, 6.07) is 24.4. The SMILES string of the molecule is CSc1ccc(CNC(=O)[C@H]2Cc3ccccc3N2C(=O)c2ccccc2)cc1. The van der Waals surface area contributed by atoms with Crippen molar-refractivity contribution in [2.45, 2.75) is 23.9 Å². The van der Waals surface area contributed by atoms with Crippen LogP contribution in [0.15, 0.2) is 83.8 Å². The van der Waals surface area contributed by atoms with Crippen molar-refractivity contribution in [2.75, 3.05) is 11.2 Å². The number of nitrogens with zero attached hydrogens (tertiary/aromatic N) is 1. The molecule has 1 aliphatic rings. The number of thioether (sulfide) groups is 1. The Balaban J connectivity index is 1.54. The van der Waals surface area contributed by atoms with Crippen LogP contribution < -0.4 is 10.2 Å². The van der Waals surface area contributed by atoms with Crippen molar-refractivity contribution >= 4 is 29.3 Å². The number of anilines is 1. The van der Waals surface area contributed by atoms with Crippen LogP contribution in [0.4, 0.5) is 5.69 Å². The standard InChI is InChI=1S/C24H22N2O2S/c1-29-20-13-11-17(12-14-20)16-25-23(27)22-15-19-9-5-6-10-21(19)26(22)24(28)18-7-3-2-4-8-18/h2-14,22H,15-16H2,1H3,(H,25,27)/t22-/m1/s1. The minimum absolute atomic E-state index is 0.139. The fraction of sp³-hybridized carbons (Fsp3) is 0.167. The van der Waals surface area contributed by atoms with Crippen LogP contribution in [0.25, 0.3) is 0 Å². The molecule has 29 heavy (non-hydrogen) atoms. The van der Waals surface area contributed by atoms with E-state index in [2.05, 4.69) is 5.32 Å². The zero-order chi connectivity index (χ0) is 20.2. The molecule has 4 rings (SSSR count). The summed E-state index contributed by atoms with van der Waals surface area (Å²) in [5, 5.41) is 3.01. The predicted octanol–water partition coefficient (Wildman–Crippen LogP) is 4.30. The zero-order valence-electron chi connectivity index (χ0n) is 16.2. The second kappa shape index (κ2) is 8.53. The van der Waals surface area contributed by atoms with Crippen LogP contribution in [-0.4, -0.2) is 24.1 Å². The molecule has 0 spiro atoms. The van der Waals surface area contributed by atoms with Gasteiger partial charge in [0.25, 0.3) is 5.91 Å². The number of hydrogen-bond donors (Lipinski definition) is 1. The van der Waals surface area contributed by atoms with Crippen molar-refractivity contribution in [1.29, 1.82) is 0 Å². The number of rotatable bonds is 5. The average Bonchev–Trinajstić information content (AvgIpc) is 3.17. The molecule has 0 saturated carbocycles. The highest BCUT2D eigenvalue weighted by Crippen LogP contribution is 2.33. The van der Waals surface area contributed by atoms with Crippen molar-refractivity contribution in [2.24, 2.45) is 0 Å². The van der Waals surface area contributed by atoms with E-state index >= 15 is 0 Å². The Morgan fingerprint density at radius 1 is 0.966 bits per heavy atom. The fourth-order valence-corrected chi connectivity index (χ4v) is 4.03. The van der Waals surface area contributed by atoms with Crippen molar-refractivity contribution in [1.82, 2.24) is 5.32 Å². The van der Waals surface area contributed by atoms with Crippen LogP contribution in [0.1, 0.15) is 21.5 Å². The highest BCUT2D eigenvalue weighted by atomic mass is 32.2. The highest BCUT2D eigenvalue weighted by Gasteiger charge is 2.38. The lowest BCUT2D eigenvalue weighted by atomic mass is 10.1. The van der Waals surface area contributed by atoms with Crippen molar-refractivity contribution in [3.63, 3.8) is 0 Å². The molecule has 1 aliphatic heterocycles. The van der Waals surface area contributed by atoms with Crippen LogP contribution >= 0.6 is 11.8 Å². The molecular weight excluding hydrogens is 380 g/mol. The van der Waals surface area contributed by atoms with Gasteiger partial charge in [0, 0.05) is 29.1 Å².